The Hall–Kier alpha value is -2.74. The van der Waals surface area contributed by atoms with E-state index in [1.165, 1.54) is 11.3 Å². The van der Waals surface area contributed by atoms with Crippen LogP contribution >= 0.6 is 11.3 Å². The molecule has 4 rings (SSSR count). The first-order valence-corrected chi connectivity index (χ1v) is 8.45. The van der Waals surface area contributed by atoms with Crippen LogP contribution in [0.4, 0.5) is 0 Å². The Morgan fingerprint density at radius 3 is 3.00 bits per heavy atom. The molecule has 122 valence electrons. The summed E-state index contributed by atoms with van der Waals surface area (Å²) in [5, 5.41) is 0. The summed E-state index contributed by atoms with van der Waals surface area (Å²) in [6, 6.07) is 1.79. The van der Waals surface area contributed by atoms with E-state index in [9.17, 15) is 9.59 Å². The van der Waals surface area contributed by atoms with Crippen LogP contribution in [0.25, 0.3) is 31.8 Å². The standard InChI is InChI=1S/C16H14N4O3S/c1-2-3-5-20-12-11-15(24-13(12)14(21)19-16(20)22)17-7-10(18-11)9-4-6-23-8-9/h4,6-8H,2-3,5H2,1H3,(H,19,21,22). The van der Waals surface area contributed by atoms with Crippen LogP contribution in [0.3, 0.4) is 0 Å². The van der Waals surface area contributed by atoms with Crippen molar-refractivity contribution in [3.8, 4) is 11.3 Å². The molecule has 0 fully saturated rings. The van der Waals surface area contributed by atoms with E-state index in [0.717, 1.165) is 18.4 Å². The van der Waals surface area contributed by atoms with Gasteiger partial charge in [-0.05, 0) is 12.5 Å². The third-order valence-corrected chi connectivity index (χ3v) is 4.95. The number of hydrogen-bond acceptors (Lipinski definition) is 6. The molecule has 0 spiro atoms. The average Bonchev–Trinajstić information content (AvgIpc) is 3.22. The van der Waals surface area contributed by atoms with Crippen molar-refractivity contribution in [3.05, 3.63) is 45.6 Å². The molecular weight excluding hydrogens is 328 g/mol. The Kier molecular flexibility index (Phi) is 3.53. The molecule has 0 radical (unpaired) electrons. The molecule has 4 aromatic heterocycles. The molecule has 1 N–H and O–H groups in total. The van der Waals surface area contributed by atoms with Gasteiger partial charge in [0, 0.05) is 12.1 Å². The lowest BCUT2D eigenvalue weighted by Crippen LogP contribution is -2.29. The van der Waals surface area contributed by atoms with Gasteiger partial charge in [-0.25, -0.2) is 14.8 Å². The van der Waals surface area contributed by atoms with Crippen LogP contribution < -0.4 is 11.2 Å². The fourth-order valence-corrected chi connectivity index (χ4v) is 3.65. The number of aromatic nitrogens is 4. The fraction of sp³-hybridized carbons (Fsp3) is 0.250. The van der Waals surface area contributed by atoms with E-state index in [-0.39, 0.29) is 0 Å². The zero-order chi connectivity index (χ0) is 16.7. The molecule has 0 unspecified atom stereocenters. The molecule has 7 nitrogen and oxygen atoms in total. The molecule has 24 heavy (non-hydrogen) atoms. The number of furan rings is 1. The number of nitrogens with one attached hydrogen (secondary N) is 1. The monoisotopic (exact) mass is 342 g/mol. The summed E-state index contributed by atoms with van der Waals surface area (Å²) in [6.07, 6.45) is 6.58. The normalized spacial score (nSPS) is 11.5. The minimum atomic E-state index is -0.406. The van der Waals surface area contributed by atoms with Gasteiger partial charge in [0.1, 0.15) is 15.0 Å². The number of rotatable bonds is 4. The van der Waals surface area contributed by atoms with Crippen LogP contribution in [-0.2, 0) is 6.54 Å². The van der Waals surface area contributed by atoms with Gasteiger partial charge in [-0.2, -0.15) is 0 Å². The van der Waals surface area contributed by atoms with Crippen molar-refractivity contribution in [2.45, 2.75) is 26.3 Å². The summed E-state index contributed by atoms with van der Waals surface area (Å²) >= 11 is 1.25. The largest absolute Gasteiger partial charge is 0.472 e. The summed E-state index contributed by atoms with van der Waals surface area (Å²) in [4.78, 5) is 36.5. The molecule has 4 heterocycles. The van der Waals surface area contributed by atoms with Gasteiger partial charge in [0.05, 0.1) is 29.9 Å². The molecule has 0 aliphatic rings. The molecule has 0 bridgehead atoms. The Morgan fingerprint density at radius 1 is 1.38 bits per heavy atom. The number of unbranched alkanes of at least 4 members (excludes halogenated alkanes) is 1. The van der Waals surface area contributed by atoms with Crippen LogP contribution in [0.15, 0.2) is 38.8 Å². The lowest BCUT2D eigenvalue weighted by Gasteiger charge is -2.06. The van der Waals surface area contributed by atoms with E-state index < -0.39 is 11.2 Å². The minimum Gasteiger partial charge on any atom is -0.472 e. The van der Waals surface area contributed by atoms with Gasteiger partial charge in [-0.3, -0.25) is 14.3 Å². The number of aromatic amines is 1. The predicted octanol–water partition coefficient (Wildman–Crippen LogP) is 2.75. The van der Waals surface area contributed by atoms with Gasteiger partial charge < -0.3 is 4.42 Å². The van der Waals surface area contributed by atoms with Crippen LogP contribution in [0.5, 0.6) is 0 Å². The van der Waals surface area contributed by atoms with E-state index >= 15 is 0 Å². The van der Waals surface area contributed by atoms with E-state index in [0.29, 0.717) is 32.8 Å². The van der Waals surface area contributed by atoms with Gasteiger partial charge in [0.2, 0.25) is 0 Å². The number of H-pyrrole nitrogens is 1. The molecule has 0 aromatic carbocycles. The highest BCUT2D eigenvalue weighted by Gasteiger charge is 2.17. The lowest BCUT2D eigenvalue weighted by molar-refractivity contribution is 0.568. The van der Waals surface area contributed by atoms with E-state index in [1.54, 1.807) is 29.4 Å². The quantitative estimate of drug-likeness (QED) is 0.615. The molecule has 0 aliphatic carbocycles. The van der Waals surface area contributed by atoms with Crippen molar-refractivity contribution >= 4 is 31.9 Å². The summed E-state index contributed by atoms with van der Waals surface area (Å²) in [5.41, 5.74) is 1.79. The van der Waals surface area contributed by atoms with Gasteiger partial charge in [-0.15, -0.1) is 11.3 Å². The Bertz CT molecular complexity index is 1140. The van der Waals surface area contributed by atoms with Crippen molar-refractivity contribution in [2.24, 2.45) is 0 Å². The third-order valence-electron chi connectivity index (χ3n) is 3.87. The van der Waals surface area contributed by atoms with Gasteiger partial charge in [-0.1, -0.05) is 13.3 Å². The number of fused-ring (bicyclic) bond motifs is 3. The number of aryl methyl sites for hydroxylation is 1. The Labute approximate surface area is 139 Å². The first-order valence-electron chi connectivity index (χ1n) is 7.64. The summed E-state index contributed by atoms with van der Waals surface area (Å²) < 4.78 is 7.16. The second kappa shape index (κ2) is 5.72. The molecule has 0 amide bonds. The highest BCUT2D eigenvalue weighted by molar-refractivity contribution is 7.25. The van der Waals surface area contributed by atoms with Crippen LogP contribution in [-0.4, -0.2) is 19.5 Å². The SMILES string of the molecule is CCCCn1c(=O)[nH]c(=O)c2sc3ncc(-c4ccoc4)nc3c21. The highest BCUT2D eigenvalue weighted by Crippen LogP contribution is 2.30. The second-order valence-electron chi connectivity index (χ2n) is 5.47. The van der Waals surface area contributed by atoms with Crippen molar-refractivity contribution in [1.82, 2.24) is 19.5 Å². The highest BCUT2D eigenvalue weighted by atomic mass is 32.1. The number of thiophene rings is 1. The van der Waals surface area contributed by atoms with Crippen molar-refractivity contribution in [3.63, 3.8) is 0 Å². The van der Waals surface area contributed by atoms with Gasteiger partial charge in [0.25, 0.3) is 5.56 Å². The molecule has 4 aromatic rings. The first-order chi connectivity index (χ1) is 11.7. The Morgan fingerprint density at radius 2 is 2.25 bits per heavy atom. The predicted molar refractivity (Wildman–Crippen MR) is 92.4 cm³/mol. The minimum absolute atomic E-state index is 0.391. The van der Waals surface area contributed by atoms with Gasteiger partial charge in [0.15, 0.2) is 0 Å². The van der Waals surface area contributed by atoms with Crippen molar-refractivity contribution in [2.75, 3.05) is 0 Å². The first kappa shape index (κ1) is 14.8. The molecule has 8 heteroatoms. The zero-order valence-corrected chi connectivity index (χ0v) is 13.7. The lowest BCUT2D eigenvalue weighted by atomic mass is 10.2. The maximum atomic E-state index is 12.3. The molecule has 0 saturated carbocycles. The zero-order valence-electron chi connectivity index (χ0n) is 12.9. The summed E-state index contributed by atoms with van der Waals surface area (Å²) in [7, 11) is 0. The molecule has 0 aliphatic heterocycles. The number of hydrogen-bond donors (Lipinski definition) is 1. The maximum absolute atomic E-state index is 12.3. The van der Waals surface area contributed by atoms with Crippen LogP contribution in [0.2, 0.25) is 0 Å². The van der Waals surface area contributed by atoms with Crippen molar-refractivity contribution < 1.29 is 4.42 Å². The molecule has 0 atom stereocenters. The fourth-order valence-electron chi connectivity index (χ4n) is 2.67. The smallest absolute Gasteiger partial charge is 0.328 e. The summed E-state index contributed by atoms with van der Waals surface area (Å²) in [5.74, 6) is 0. The van der Waals surface area contributed by atoms with Crippen LogP contribution in [0.1, 0.15) is 19.8 Å². The second-order valence-corrected chi connectivity index (χ2v) is 6.46. The van der Waals surface area contributed by atoms with E-state index in [2.05, 4.69) is 21.9 Å². The van der Waals surface area contributed by atoms with Crippen molar-refractivity contribution in [1.29, 1.82) is 0 Å². The topological polar surface area (TPSA) is 93.8 Å². The van der Waals surface area contributed by atoms with E-state index in [4.69, 9.17) is 4.42 Å². The average molecular weight is 342 g/mol. The van der Waals surface area contributed by atoms with E-state index in [1.807, 2.05) is 0 Å². The van der Waals surface area contributed by atoms with Gasteiger partial charge >= 0.3 is 5.69 Å². The Balaban J connectivity index is 2.07. The summed E-state index contributed by atoms with van der Waals surface area (Å²) in [6.45, 7) is 2.59. The molecule has 0 saturated heterocycles. The third kappa shape index (κ3) is 2.26. The number of nitrogens with zero attached hydrogens (tertiary/aromatic N) is 3. The maximum Gasteiger partial charge on any atom is 0.328 e. The van der Waals surface area contributed by atoms with Crippen LogP contribution in [0, 0.1) is 0 Å². The molecular formula is C16H14N4O3S.